The summed E-state index contributed by atoms with van der Waals surface area (Å²) in [6.07, 6.45) is -0.000293. The van der Waals surface area contributed by atoms with Gasteiger partial charge in [-0.3, -0.25) is 4.21 Å². The molecule has 0 bridgehead atoms. The van der Waals surface area contributed by atoms with Gasteiger partial charge < -0.3 is 4.55 Å². The molecule has 1 aromatic rings. The molecule has 0 aliphatic carbocycles. The second-order valence-electron chi connectivity index (χ2n) is 2.49. The smallest absolute Gasteiger partial charge is 0.126 e. The van der Waals surface area contributed by atoms with Crippen LogP contribution in [-0.4, -0.2) is 14.5 Å². The lowest BCUT2D eigenvalue weighted by molar-refractivity contribution is 0.535. The van der Waals surface area contributed by atoms with Gasteiger partial charge in [0.15, 0.2) is 0 Å². The summed E-state index contributed by atoms with van der Waals surface area (Å²) in [4.78, 5) is 0. The lowest BCUT2D eigenvalue weighted by Crippen LogP contribution is -2.01. The zero-order chi connectivity index (χ0) is 9.84. The van der Waals surface area contributed by atoms with Crippen LogP contribution in [0, 0.1) is 11.6 Å². The molecule has 5 heteroatoms. The van der Waals surface area contributed by atoms with E-state index in [1.165, 1.54) is 0 Å². The molecule has 0 aliphatic heterocycles. The number of aryl methyl sites for hydroxylation is 1. The van der Waals surface area contributed by atoms with Gasteiger partial charge in [0.25, 0.3) is 0 Å². The van der Waals surface area contributed by atoms with Crippen molar-refractivity contribution in [3.8, 4) is 0 Å². The Labute approximate surface area is 76.9 Å². The highest BCUT2D eigenvalue weighted by Gasteiger charge is 2.02. The summed E-state index contributed by atoms with van der Waals surface area (Å²) in [5, 5.41) is 0. The lowest BCUT2D eigenvalue weighted by Gasteiger charge is -2.05. The molecular weight excluding hydrogens is 198 g/mol. The maximum atomic E-state index is 12.9. The Morgan fingerprint density at radius 3 is 2.69 bits per heavy atom. The summed E-state index contributed by atoms with van der Waals surface area (Å²) in [5.41, 5.74) is 0.0872. The Bertz CT molecular complexity index is 328. The monoisotopic (exact) mass is 205 g/mol. The number of hydrogen-bond donors (Lipinski definition) is 0. The third-order valence-corrected chi connectivity index (χ3v) is 2.08. The molecule has 0 spiro atoms. The van der Waals surface area contributed by atoms with E-state index in [4.69, 9.17) is 0 Å². The predicted octanol–water partition coefficient (Wildman–Crippen LogP) is 1.39. The van der Waals surface area contributed by atoms with Crippen LogP contribution in [0.2, 0.25) is 0 Å². The molecule has 0 saturated heterocycles. The van der Waals surface area contributed by atoms with Crippen molar-refractivity contribution in [3.05, 3.63) is 35.4 Å². The third kappa shape index (κ3) is 3.20. The number of rotatable bonds is 3. The second kappa shape index (κ2) is 4.43. The molecule has 1 unspecified atom stereocenters. The highest BCUT2D eigenvalue weighted by molar-refractivity contribution is 7.79. The molecule has 1 atom stereocenters. The van der Waals surface area contributed by atoms with Crippen LogP contribution >= 0.6 is 0 Å². The fourth-order valence-corrected chi connectivity index (χ4v) is 1.31. The van der Waals surface area contributed by atoms with Crippen molar-refractivity contribution in [1.29, 1.82) is 0 Å². The summed E-state index contributed by atoms with van der Waals surface area (Å²) in [6.45, 7) is 0. The van der Waals surface area contributed by atoms with Gasteiger partial charge in [0.05, 0.1) is 0 Å². The van der Waals surface area contributed by atoms with E-state index >= 15 is 0 Å². The van der Waals surface area contributed by atoms with Gasteiger partial charge in [-0.15, -0.1) is 0 Å². The van der Waals surface area contributed by atoms with Gasteiger partial charge in [-0.25, -0.2) is 8.78 Å². The zero-order valence-electron chi connectivity index (χ0n) is 6.63. The predicted molar refractivity (Wildman–Crippen MR) is 43.8 cm³/mol. The Kier molecular flexibility index (Phi) is 3.50. The molecule has 0 amide bonds. The maximum absolute atomic E-state index is 12.9. The van der Waals surface area contributed by atoms with Crippen LogP contribution in [-0.2, 0) is 17.5 Å². The number of halogens is 2. The minimum absolute atomic E-state index is 0.000293. The molecule has 0 radical (unpaired) electrons. The Hall–Kier alpha value is -0.810. The van der Waals surface area contributed by atoms with Gasteiger partial charge in [-0.2, -0.15) is 0 Å². The van der Waals surface area contributed by atoms with Gasteiger partial charge in [0, 0.05) is 5.75 Å². The maximum Gasteiger partial charge on any atom is 0.126 e. The molecule has 0 N–H and O–H groups in total. The molecule has 13 heavy (non-hydrogen) atoms. The zero-order valence-corrected chi connectivity index (χ0v) is 7.44. The molecule has 0 saturated carbocycles. The topological polar surface area (TPSA) is 40.1 Å². The molecule has 0 aromatic heterocycles. The van der Waals surface area contributed by atoms with Gasteiger partial charge in [-0.05, 0) is 30.2 Å². The largest absolute Gasteiger partial charge is 0.772 e. The van der Waals surface area contributed by atoms with Crippen LogP contribution in [0.25, 0.3) is 0 Å². The van der Waals surface area contributed by atoms with E-state index < -0.39 is 22.7 Å². The van der Waals surface area contributed by atoms with Crippen LogP contribution in [0.5, 0.6) is 0 Å². The Morgan fingerprint density at radius 2 is 2.08 bits per heavy atom. The second-order valence-corrected chi connectivity index (χ2v) is 3.51. The van der Waals surface area contributed by atoms with Crippen LogP contribution in [0.1, 0.15) is 5.56 Å². The summed E-state index contributed by atoms with van der Waals surface area (Å²) in [5.74, 6) is -1.33. The lowest BCUT2D eigenvalue weighted by atomic mass is 10.1. The van der Waals surface area contributed by atoms with Crippen molar-refractivity contribution >= 4 is 11.1 Å². The molecule has 2 nitrogen and oxygen atoms in total. The van der Waals surface area contributed by atoms with Crippen molar-refractivity contribution < 1.29 is 17.5 Å². The molecule has 1 aromatic carbocycles. The van der Waals surface area contributed by atoms with E-state index in [1.54, 1.807) is 0 Å². The first kappa shape index (κ1) is 10.3. The van der Waals surface area contributed by atoms with E-state index in [1.807, 2.05) is 0 Å². The SMILES string of the molecule is O=S([O-])CCc1cc(F)ccc1F. The van der Waals surface area contributed by atoms with E-state index in [9.17, 15) is 17.5 Å². The average molecular weight is 205 g/mol. The quantitative estimate of drug-likeness (QED) is 0.699. The summed E-state index contributed by atoms with van der Waals surface area (Å²) in [7, 11) is 0. The van der Waals surface area contributed by atoms with Crippen LogP contribution in [0.3, 0.4) is 0 Å². The van der Waals surface area contributed by atoms with Crippen molar-refractivity contribution in [3.63, 3.8) is 0 Å². The number of hydrogen-bond acceptors (Lipinski definition) is 2. The van der Waals surface area contributed by atoms with Gasteiger partial charge in [0.2, 0.25) is 0 Å². The molecule has 1 rings (SSSR count). The fourth-order valence-electron chi connectivity index (χ4n) is 0.928. The van der Waals surface area contributed by atoms with Crippen molar-refractivity contribution in [1.82, 2.24) is 0 Å². The first-order valence-electron chi connectivity index (χ1n) is 3.59. The van der Waals surface area contributed by atoms with Gasteiger partial charge in [-0.1, -0.05) is 11.1 Å². The van der Waals surface area contributed by atoms with E-state index in [2.05, 4.69) is 0 Å². The van der Waals surface area contributed by atoms with Crippen molar-refractivity contribution in [2.75, 3.05) is 5.75 Å². The molecular formula is C8H7F2O2S-. The standard InChI is InChI=1S/C8H8F2O2S/c9-7-1-2-8(10)6(5-7)3-4-13(11)12/h1-2,5H,3-4H2,(H,11,12)/p-1. The molecule has 0 aliphatic rings. The molecule has 0 heterocycles. The first-order valence-corrected chi connectivity index (χ1v) is 4.84. The van der Waals surface area contributed by atoms with Crippen molar-refractivity contribution in [2.24, 2.45) is 0 Å². The highest BCUT2D eigenvalue weighted by Crippen LogP contribution is 2.10. The summed E-state index contributed by atoms with van der Waals surface area (Å²) < 4.78 is 45.7. The van der Waals surface area contributed by atoms with Crippen molar-refractivity contribution in [2.45, 2.75) is 6.42 Å². The van der Waals surface area contributed by atoms with Gasteiger partial charge in [0.1, 0.15) is 11.6 Å². The van der Waals surface area contributed by atoms with Crippen LogP contribution in [0.4, 0.5) is 8.78 Å². The average Bonchev–Trinajstić information content (AvgIpc) is 2.06. The number of benzene rings is 1. The molecule has 72 valence electrons. The summed E-state index contributed by atoms with van der Waals surface area (Å²) in [6, 6.07) is 2.98. The minimum atomic E-state index is -2.22. The minimum Gasteiger partial charge on any atom is -0.772 e. The van der Waals surface area contributed by atoms with Crippen LogP contribution < -0.4 is 0 Å². The highest BCUT2D eigenvalue weighted by atomic mass is 32.2. The normalized spacial score (nSPS) is 12.8. The Morgan fingerprint density at radius 1 is 1.38 bits per heavy atom. The Balaban J connectivity index is 2.75. The van der Waals surface area contributed by atoms with E-state index in [0.29, 0.717) is 0 Å². The van der Waals surface area contributed by atoms with Gasteiger partial charge >= 0.3 is 0 Å². The molecule has 0 fully saturated rings. The van der Waals surface area contributed by atoms with E-state index in [-0.39, 0.29) is 17.7 Å². The third-order valence-electron chi connectivity index (χ3n) is 1.55. The summed E-state index contributed by atoms with van der Waals surface area (Å²) >= 11 is -2.22. The van der Waals surface area contributed by atoms with E-state index in [0.717, 1.165) is 18.2 Å². The fraction of sp³-hybridized carbons (Fsp3) is 0.250. The first-order chi connectivity index (χ1) is 6.09. The van der Waals surface area contributed by atoms with Crippen LogP contribution in [0.15, 0.2) is 18.2 Å².